The Morgan fingerprint density at radius 2 is 1.82 bits per heavy atom. The molecule has 180 valence electrons. The number of hydrogen-bond donors (Lipinski definition) is 3. The Balaban J connectivity index is 1.40. The molecule has 10 heteroatoms. The van der Waals surface area contributed by atoms with Crippen molar-refractivity contribution in [2.75, 3.05) is 45.6 Å². The zero-order valence-corrected chi connectivity index (χ0v) is 19.8. The molecule has 2 aromatic carbocycles. The van der Waals surface area contributed by atoms with E-state index in [1.165, 1.54) is 5.56 Å². The molecular formula is C24H28N4O5S. The molecule has 3 heterocycles. The Morgan fingerprint density at radius 3 is 2.56 bits per heavy atom. The molecule has 0 bridgehead atoms. The van der Waals surface area contributed by atoms with Crippen molar-refractivity contribution in [1.82, 2.24) is 20.1 Å². The lowest BCUT2D eigenvalue weighted by molar-refractivity contribution is 0.0966. The highest BCUT2D eigenvalue weighted by Gasteiger charge is 2.28. The van der Waals surface area contributed by atoms with Gasteiger partial charge in [-0.3, -0.25) is 14.6 Å². The third-order valence-electron chi connectivity index (χ3n) is 6.43. The van der Waals surface area contributed by atoms with Crippen molar-refractivity contribution >= 4 is 26.9 Å². The van der Waals surface area contributed by atoms with Gasteiger partial charge >= 0.3 is 10.1 Å². The average Bonchev–Trinajstić information content (AvgIpc) is 3.39. The predicted octanol–water partition coefficient (Wildman–Crippen LogP) is 1.53. The van der Waals surface area contributed by atoms with Crippen LogP contribution in [0.2, 0.25) is 0 Å². The Kier molecular flexibility index (Phi) is 6.07. The van der Waals surface area contributed by atoms with Crippen molar-refractivity contribution in [3.8, 4) is 17.0 Å². The summed E-state index contributed by atoms with van der Waals surface area (Å²) in [6.07, 6.45) is 0.988. The molecule has 0 radical (unpaired) electrons. The van der Waals surface area contributed by atoms with Gasteiger partial charge in [-0.15, -0.1) is 0 Å². The van der Waals surface area contributed by atoms with E-state index in [0.29, 0.717) is 16.7 Å². The number of carbonyl (C=O) groups is 1. The maximum absolute atomic E-state index is 12.6. The standard InChI is InChI=1S/C24H28N4O5S/c1-34(31,32)33-22-5-3-18(23-19(22)14-25-24(23)30)21-13-17-12-16(2-4-20(17)26-21)15-28-8-6-27(7-9-28)10-11-29/h2-5,12-13,26,29H,6-11,14-15H2,1H3,(H,25,30). The van der Waals surface area contributed by atoms with Crippen LogP contribution in [0.3, 0.4) is 0 Å². The van der Waals surface area contributed by atoms with Crippen LogP contribution in [0.5, 0.6) is 5.75 Å². The zero-order chi connectivity index (χ0) is 23.9. The highest BCUT2D eigenvalue weighted by atomic mass is 32.2. The number of benzene rings is 2. The summed E-state index contributed by atoms with van der Waals surface area (Å²) in [5, 5.41) is 12.9. The summed E-state index contributed by atoms with van der Waals surface area (Å²) in [5.74, 6) is -0.0688. The third-order valence-corrected chi connectivity index (χ3v) is 6.91. The summed E-state index contributed by atoms with van der Waals surface area (Å²) < 4.78 is 28.4. The van der Waals surface area contributed by atoms with Gasteiger partial charge in [0.2, 0.25) is 0 Å². The molecule has 1 amide bonds. The Labute approximate surface area is 198 Å². The monoisotopic (exact) mass is 484 g/mol. The number of nitrogens with one attached hydrogen (secondary N) is 2. The second kappa shape index (κ2) is 9.03. The molecule has 0 aliphatic carbocycles. The van der Waals surface area contributed by atoms with E-state index in [1.54, 1.807) is 12.1 Å². The largest absolute Gasteiger partial charge is 0.395 e. The van der Waals surface area contributed by atoms with Crippen LogP contribution in [0.1, 0.15) is 21.5 Å². The number of amides is 1. The van der Waals surface area contributed by atoms with Gasteiger partial charge in [-0.25, -0.2) is 0 Å². The lowest BCUT2D eigenvalue weighted by Crippen LogP contribution is -2.46. The molecule has 3 aromatic rings. The lowest BCUT2D eigenvalue weighted by atomic mass is 9.99. The quantitative estimate of drug-likeness (QED) is 0.436. The van der Waals surface area contributed by atoms with Crippen LogP contribution in [0.25, 0.3) is 22.2 Å². The SMILES string of the molecule is CS(=O)(=O)Oc1ccc(-c2cc3cc(CN4CCN(CCO)CC4)ccc3[nH]2)c2c1CNC2=O. The number of rotatable bonds is 7. The molecule has 1 saturated heterocycles. The first-order valence-corrected chi connectivity index (χ1v) is 13.1. The number of H-pyrrole nitrogens is 1. The number of aliphatic hydroxyl groups is 1. The van der Waals surface area contributed by atoms with Gasteiger partial charge in [0.05, 0.1) is 18.4 Å². The zero-order valence-electron chi connectivity index (χ0n) is 19.0. The summed E-state index contributed by atoms with van der Waals surface area (Å²) in [6, 6.07) is 11.7. The van der Waals surface area contributed by atoms with Crippen LogP contribution in [-0.4, -0.2) is 79.8 Å². The molecule has 2 aliphatic rings. The molecular weight excluding hydrogens is 456 g/mol. The van der Waals surface area contributed by atoms with Gasteiger partial charge < -0.3 is 19.6 Å². The highest BCUT2D eigenvalue weighted by Crippen LogP contribution is 2.36. The first-order chi connectivity index (χ1) is 16.3. The number of fused-ring (bicyclic) bond motifs is 2. The fourth-order valence-electron chi connectivity index (χ4n) is 4.78. The smallest absolute Gasteiger partial charge is 0.306 e. The van der Waals surface area contributed by atoms with Crippen LogP contribution in [-0.2, 0) is 23.2 Å². The van der Waals surface area contributed by atoms with E-state index < -0.39 is 10.1 Å². The summed E-state index contributed by atoms with van der Waals surface area (Å²) >= 11 is 0. The van der Waals surface area contributed by atoms with E-state index in [4.69, 9.17) is 9.29 Å². The van der Waals surface area contributed by atoms with Crippen molar-refractivity contribution in [3.63, 3.8) is 0 Å². The topological polar surface area (TPSA) is 115 Å². The minimum Gasteiger partial charge on any atom is -0.395 e. The number of hydrogen-bond acceptors (Lipinski definition) is 7. The van der Waals surface area contributed by atoms with Crippen LogP contribution < -0.4 is 9.50 Å². The Morgan fingerprint density at radius 1 is 1.06 bits per heavy atom. The van der Waals surface area contributed by atoms with Crippen LogP contribution in [0, 0.1) is 0 Å². The number of nitrogens with zero attached hydrogens (tertiary/aromatic N) is 2. The van der Waals surface area contributed by atoms with Crippen molar-refractivity contribution in [2.45, 2.75) is 13.1 Å². The van der Waals surface area contributed by atoms with Gasteiger partial charge in [-0.05, 0) is 35.9 Å². The van der Waals surface area contributed by atoms with Crippen molar-refractivity contribution in [1.29, 1.82) is 0 Å². The van der Waals surface area contributed by atoms with Gasteiger partial charge in [-0.2, -0.15) is 8.42 Å². The van der Waals surface area contributed by atoms with Crippen LogP contribution >= 0.6 is 0 Å². The van der Waals surface area contributed by atoms with E-state index in [1.807, 2.05) is 6.07 Å². The average molecular weight is 485 g/mol. The summed E-state index contributed by atoms with van der Waals surface area (Å²) in [7, 11) is -3.70. The van der Waals surface area contributed by atoms with Crippen molar-refractivity contribution in [3.05, 3.63) is 53.1 Å². The fraction of sp³-hybridized carbons (Fsp3) is 0.375. The molecule has 1 fully saturated rings. The second-order valence-electron chi connectivity index (χ2n) is 8.88. The van der Waals surface area contributed by atoms with Crippen LogP contribution in [0.4, 0.5) is 0 Å². The number of aromatic amines is 1. The maximum atomic E-state index is 12.6. The molecule has 2 aliphatic heterocycles. The van der Waals surface area contributed by atoms with Crippen molar-refractivity contribution < 1.29 is 22.5 Å². The fourth-order valence-corrected chi connectivity index (χ4v) is 5.26. The van der Waals surface area contributed by atoms with Gasteiger partial charge in [0.25, 0.3) is 5.91 Å². The molecule has 3 N–H and O–H groups in total. The van der Waals surface area contributed by atoms with Gasteiger partial charge in [0.1, 0.15) is 5.75 Å². The first-order valence-electron chi connectivity index (χ1n) is 11.3. The van der Waals surface area contributed by atoms with E-state index >= 15 is 0 Å². The number of aromatic nitrogens is 1. The van der Waals surface area contributed by atoms with E-state index in [0.717, 1.165) is 62.1 Å². The molecule has 34 heavy (non-hydrogen) atoms. The Hall–Kier alpha value is -2.92. The third kappa shape index (κ3) is 4.67. The maximum Gasteiger partial charge on any atom is 0.306 e. The molecule has 1 aromatic heterocycles. The lowest BCUT2D eigenvalue weighted by Gasteiger charge is -2.34. The summed E-state index contributed by atoms with van der Waals surface area (Å²) in [5.41, 5.74) is 4.68. The molecule has 0 atom stereocenters. The Bertz CT molecular complexity index is 1340. The van der Waals surface area contributed by atoms with Gasteiger partial charge in [-0.1, -0.05) is 6.07 Å². The first kappa shape index (κ1) is 22.9. The minimum atomic E-state index is -3.70. The van der Waals surface area contributed by atoms with E-state index in [2.05, 4.69) is 38.3 Å². The second-order valence-corrected chi connectivity index (χ2v) is 10.5. The number of aliphatic hydroxyl groups excluding tert-OH is 1. The minimum absolute atomic E-state index is 0.178. The normalized spacial score (nSPS) is 17.2. The van der Waals surface area contributed by atoms with Crippen LogP contribution in [0.15, 0.2) is 36.4 Å². The molecule has 5 rings (SSSR count). The number of carbonyl (C=O) groups excluding carboxylic acids is 1. The molecule has 9 nitrogen and oxygen atoms in total. The predicted molar refractivity (Wildman–Crippen MR) is 129 cm³/mol. The number of β-amino-alcohol motifs (C(OH)–C–C–N with tert-alkyl or cyclic N) is 1. The molecule has 0 saturated carbocycles. The van der Waals surface area contributed by atoms with Crippen molar-refractivity contribution in [2.24, 2.45) is 0 Å². The number of piperazine rings is 1. The van der Waals surface area contributed by atoms with E-state index in [9.17, 15) is 13.2 Å². The van der Waals surface area contributed by atoms with E-state index in [-0.39, 0.29) is 24.8 Å². The van der Waals surface area contributed by atoms with Gasteiger partial charge in [0, 0.05) is 73.5 Å². The molecule has 0 unspecified atom stereocenters. The van der Waals surface area contributed by atoms with Gasteiger partial charge in [0.15, 0.2) is 0 Å². The highest BCUT2D eigenvalue weighted by molar-refractivity contribution is 7.86. The summed E-state index contributed by atoms with van der Waals surface area (Å²) in [6.45, 7) is 5.88. The summed E-state index contributed by atoms with van der Waals surface area (Å²) in [4.78, 5) is 20.7. The molecule has 0 spiro atoms.